The highest BCUT2D eigenvalue weighted by atomic mass is 32.1. The van der Waals surface area contributed by atoms with Gasteiger partial charge in [0.05, 0.1) is 11.3 Å². The number of anilines is 1. The van der Waals surface area contributed by atoms with E-state index in [9.17, 15) is 13.2 Å². The van der Waals surface area contributed by atoms with Gasteiger partial charge in [0.1, 0.15) is 10.3 Å². The van der Waals surface area contributed by atoms with E-state index in [4.69, 9.17) is 5.73 Å². The maximum absolute atomic E-state index is 12.8. The van der Waals surface area contributed by atoms with E-state index in [1.54, 1.807) is 7.05 Å². The third-order valence-corrected chi connectivity index (χ3v) is 2.88. The lowest BCUT2D eigenvalue weighted by molar-refractivity contribution is -0.136. The molecular formula is C9H9F3N4S. The van der Waals surface area contributed by atoms with Gasteiger partial charge in [0.15, 0.2) is 5.13 Å². The van der Waals surface area contributed by atoms with E-state index >= 15 is 0 Å². The molecule has 17 heavy (non-hydrogen) atoms. The molecule has 0 spiro atoms. The van der Waals surface area contributed by atoms with Crippen molar-refractivity contribution < 1.29 is 13.2 Å². The van der Waals surface area contributed by atoms with Gasteiger partial charge in [-0.05, 0) is 13.1 Å². The van der Waals surface area contributed by atoms with Crippen molar-refractivity contribution in [2.45, 2.75) is 12.7 Å². The van der Waals surface area contributed by atoms with E-state index in [2.05, 4.69) is 15.3 Å². The first-order valence-corrected chi connectivity index (χ1v) is 5.51. The minimum Gasteiger partial charge on any atom is -0.375 e. The standard InChI is InChI=1S/C9H9F3N4S/c1-14-3-4-2-5(9(10,11)12)6-7(15-4)17-8(13)16-6/h2,14H,3H2,1H3,(H2,13,16). The molecule has 0 aliphatic heterocycles. The Morgan fingerprint density at radius 1 is 1.41 bits per heavy atom. The highest BCUT2D eigenvalue weighted by Gasteiger charge is 2.34. The first-order valence-electron chi connectivity index (χ1n) is 4.69. The number of pyridine rings is 1. The molecule has 0 aromatic carbocycles. The lowest BCUT2D eigenvalue weighted by atomic mass is 10.2. The summed E-state index contributed by atoms with van der Waals surface area (Å²) in [5.74, 6) is 0. The van der Waals surface area contributed by atoms with Gasteiger partial charge < -0.3 is 11.1 Å². The van der Waals surface area contributed by atoms with Crippen molar-refractivity contribution in [2.24, 2.45) is 0 Å². The van der Waals surface area contributed by atoms with Crippen LogP contribution < -0.4 is 11.1 Å². The van der Waals surface area contributed by atoms with Crippen molar-refractivity contribution in [2.75, 3.05) is 12.8 Å². The second kappa shape index (κ2) is 4.11. The summed E-state index contributed by atoms with van der Waals surface area (Å²) in [5.41, 5.74) is 4.76. The van der Waals surface area contributed by atoms with Crippen molar-refractivity contribution in [1.29, 1.82) is 0 Å². The van der Waals surface area contributed by atoms with Crippen LogP contribution in [-0.4, -0.2) is 17.0 Å². The van der Waals surface area contributed by atoms with Crippen LogP contribution in [0.1, 0.15) is 11.3 Å². The van der Waals surface area contributed by atoms with Crippen molar-refractivity contribution >= 4 is 26.8 Å². The Morgan fingerprint density at radius 3 is 2.71 bits per heavy atom. The van der Waals surface area contributed by atoms with Crippen LogP contribution in [0.5, 0.6) is 0 Å². The summed E-state index contributed by atoms with van der Waals surface area (Å²) in [6.07, 6.45) is -4.45. The molecule has 0 aliphatic carbocycles. The van der Waals surface area contributed by atoms with E-state index in [1.165, 1.54) is 0 Å². The number of nitrogen functional groups attached to an aromatic ring is 1. The number of hydrogen-bond acceptors (Lipinski definition) is 5. The molecule has 2 rings (SSSR count). The number of nitrogens with one attached hydrogen (secondary N) is 1. The highest BCUT2D eigenvalue weighted by Crippen LogP contribution is 2.36. The van der Waals surface area contributed by atoms with Crippen molar-refractivity contribution in [3.63, 3.8) is 0 Å². The number of thiazole rings is 1. The normalized spacial score (nSPS) is 12.2. The Hall–Kier alpha value is -1.41. The van der Waals surface area contributed by atoms with E-state index in [0.29, 0.717) is 5.69 Å². The van der Waals surface area contributed by atoms with Gasteiger partial charge in [0.25, 0.3) is 0 Å². The number of nitrogens with two attached hydrogens (primary N) is 1. The summed E-state index contributed by atoms with van der Waals surface area (Å²) in [6, 6.07) is 0.998. The quantitative estimate of drug-likeness (QED) is 0.869. The molecule has 8 heteroatoms. The lowest BCUT2D eigenvalue weighted by Crippen LogP contribution is -2.11. The van der Waals surface area contributed by atoms with Gasteiger partial charge in [-0.3, -0.25) is 0 Å². The second-order valence-corrected chi connectivity index (χ2v) is 4.40. The molecule has 2 aromatic heterocycles. The fourth-order valence-electron chi connectivity index (χ4n) is 1.46. The molecule has 0 bridgehead atoms. The Labute approximate surface area is 98.7 Å². The Bertz CT molecular complexity index is 549. The Kier molecular flexibility index (Phi) is 2.92. The number of alkyl halides is 3. The zero-order valence-corrected chi connectivity index (χ0v) is 9.61. The molecule has 0 saturated heterocycles. The molecule has 0 amide bonds. The van der Waals surface area contributed by atoms with E-state index < -0.39 is 11.7 Å². The molecule has 92 valence electrons. The topological polar surface area (TPSA) is 63.8 Å². The Balaban J connectivity index is 2.69. The predicted molar refractivity (Wildman–Crippen MR) is 59.6 cm³/mol. The molecule has 2 heterocycles. The SMILES string of the molecule is CNCc1cc(C(F)(F)F)c2nc(N)sc2n1. The van der Waals surface area contributed by atoms with Crippen LogP contribution in [0.4, 0.5) is 18.3 Å². The van der Waals surface area contributed by atoms with Gasteiger partial charge in [-0.15, -0.1) is 0 Å². The van der Waals surface area contributed by atoms with Crippen LogP contribution >= 0.6 is 11.3 Å². The molecule has 4 nitrogen and oxygen atoms in total. The van der Waals surface area contributed by atoms with Gasteiger partial charge in [0.2, 0.25) is 0 Å². The number of hydrogen-bond donors (Lipinski definition) is 2. The molecule has 0 saturated carbocycles. The zero-order valence-electron chi connectivity index (χ0n) is 8.80. The minimum absolute atomic E-state index is 0.0830. The molecule has 0 radical (unpaired) electrons. The van der Waals surface area contributed by atoms with Gasteiger partial charge in [-0.1, -0.05) is 11.3 Å². The van der Waals surface area contributed by atoms with Crippen molar-refractivity contribution in [1.82, 2.24) is 15.3 Å². The fourth-order valence-corrected chi connectivity index (χ4v) is 2.22. The lowest BCUT2D eigenvalue weighted by Gasteiger charge is -2.08. The van der Waals surface area contributed by atoms with Crippen molar-refractivity contribution in [3.8, 4) is 0 Å². The molecule has 0 aliphatic rings. The first kappa shape index (κ1) is 12.1. The van der Waals surface area contributed by atoms with E-state index in [0.717, 1.165) is 17.4 Å². The van der Waals surface area contributed by atoms with Crippen LogP contribution in [0.25, 0.3) is 10.3 Å². The molecule has 0 atom stereocenters. The molecule has 2 aromatic rings. The van der Waals surface area contributed by atoms with Crippen LogP contribution in [0.15, 0.2) is 6.07 Å². The molecule has 0 fully saturated rings. The number of nitrogens with zero attached hydrogens (tertiary/aromatic N) is 2. The third kappa shape index (κ3) is 2.32. The summed E-state index contributed by atoms with van der Waals surface area (Å²) in [6.45, 7) is 0.261. The maximum Gasteiger partial charge on any atom is 0.418 e. The van der Waals surface area contributed by atoms with Gasteiger partial charge in [0, 0.05) is 6.54 Å². The zero-order chi connectivity index (χ0) is 12.6. The van der Waals surface area contributed by atoms with E-state index in [1.807, 2.05) is 0 Å². The summed E-state index contributed by atoms with van der Waals surface area (Å²) >= 11 is 0.950. The first-order chi connectivity index (χ1) is 7.91. The van der Waals surface area contributed by atoms with Crippen molar-refractivity contribution in [3.05, 3.63) is 17.3 Å². The average Bonchev–Trinajstić information content (AvgIpc) is 2.55. The van der Waals surface area contributed by atoms with Crippen LogP contribution in [0.2, 0.25) is 0 Å². The van der Waals surface area contributed by atoms with Gasteiger partial charge in [-0.25, -0.2) is 9.97 Å². The minimum atomic E-state index is -4.45. The molecule has 0 unspecified atom stereocenters. The summed E-state index contributed by atoms with van der Waals surface area (Å²) in [7, 11) is 1.64. The van der Waals surface area contributed by atoms with Gasteiger partial charge in [-0.2, -0.15) is 13.2 Å². The fraction of sp³-hybridized carbons (Fsp3) is 0.333. The number of rotatable bonds is 2. The second-order valence-electron chi connectivity index (χ2n) is 3.40. The number of fused-ring (bicyclic) bond motifs is 1. The summed E-state index contributed by atoms with van der Waals surface area (Å²) < 4.78 is 38.5. The van der Waals surface area contributed by atoms with Crippen LogP contribution in [-0.2, 0) is 12.7 Å². The third-order valence-electron chi connectivity index (χ3n) is 2.10. The summed E-state index contributed by atoms with van der Waals surface area (Å²) in [4.78, 5) is 7.96. The molecular weight excluding hydrogens is 253 g/mol. The monoisotopic (exact) mass is 262 g/mol. The van der Waals surface area contributed by atoms with Crippen LogP contribution in [0.3, 0.4) is 0 Å². The molecule has 3 N–H and O–H groups in total. The summed E-state index contributed by atoms with van der Waals surface area (Å²) in [5, 5.41) is 2.84. The number of aromatic nitrogens is 2. The van der Waals surface area contributed by atoms with E-state index in [-0.39, 0.29) is 22.0 Å². The maximum atomic E-state index is 12.8. The highest BCUT2D eigenvalue weighted by molar-refractivity contribution is 7.21. The Morgan fingerprint density at radius 2 is 2.12 bits per heavy atom. The van der Waals surface area contributed by atoms with Gasteiger partial charge >= 0.3 is 6.18 Å². The predicted octanol–water partition coefficient (Wildman–Crippen LogP) is 2.01. The largest absolute Gasteiger partial charge is 0.418 e. The average molecular weight is 262 g/mol. The number of halogens is 3. The smallest absolute Gasteiger partial charge is 0.375 e. The van der Waals surface area contributed by atoms with Crippen LogP contribution in [0, 0.1) is 0 Å².